The summed E-state index contributed by atoms with van der Waals surface area (Å²) in [5, 5.41) is 0. The molecule has 0 aromatic heterocycles. The van der Waals surface area contributed by atoms with Gasteiger partial charge >= 0.3 is 0 Å². The summed E-state index contributed by atoms with van der Waals surface area (Å²) < 4.78 is 0. The molecule has 1 aliphatic carbocycles. The molecule has 0 aromatic rings. The number of hydrogen-bond donors (Lipinski definition) is 0. The van der Waals surface area contributed by atoms with Crippen LogP contribution in [-0.4, -0.2) is 5.78 Å². The Kier molecular flexibility index (Phi) is 2.94. The predicted molar refractivity (Wildman–Crippen MR) is 55.6 cm³/mol. The molecule has 1 rings (SSSR count). The first-order chi connectivity index (χ1) is 5.91. The van der Waals surface area contributed by atoms with Gasteiger partial charge in [-0.3, -0.25) is 4.79 Å². The van der Waals surface area contributed by atoms with Crippen molar-refractivity contribution in [3.05, 3.63) is 11.6 Å². The fraction of sp³-hybridized carbons (Fsp3) is 0.750. The van der Waals surface area contributed by atoms with Crippen LogP contribution in [0, 0.1) is 11.3 Å². The van der Waals surface area contributed by atoms with E-state index in [-0.39, 0.29) is 5.78 Å². The quantitative estimate of drug-likeness (QED) is 0.565. The zero-order chi connectivity index (χ0) is 10.1. The van der Waals surface area contributed by atoms with E-state index in [1.54, 1.807) is 6.92 Å². The molecule has 0 radical (unpaired) electrons. The highest BCUT2D eigenvalue weighted by Gasteiger charge is 2.28. The molecular weight excluding hydrogens is 160 g/mol. The molecule has 1 nitrogen and oxygen atoms in total. The number of rotatable bonds is 1. The lowest BCUT2D eigenvalue weighted by atomic mass is 9.70. The molecule has 0 heterocycles. The minimum absolute atomic E-state index is 0.196. The molecule has 0 saturated heterocycles. The average Bonchev–Trinajstić information content (AvgIpc) is 1.93. The van der Waals surface area contributed by atoms with Crippen molar-refractivity contribution in [3.8, 4) is 0 Å². The van der Waals surface area contributed by atoms with E-state index in [1.807, 2.05) is 6.08 Å². The Morgan fingerprint density at radius 1 is 1.54 bits per heavy atom. The second-order valence-electron chi connectivity index (χ2n) is 5.10. The molecule has 1 unspecified atom stereocenters. The van der Waals surface area contributed by atoms with Crippen molar-refractivity contribution in [2.45, 2.75) is 47.0 Å². The van der Waals surface area contributed by atoms with Gasteiger partial charge in [0.1, 0.15) is 0 Å². The largest absolute Gasteiger partial charge is 0.295 e. The smallest absolute Gasteiger partial charge is 0.152 e. The minimum Gasteiger partial charge on any atom is -0.295 e. The molecule has 13 heavy (non-hydrogen) atoms. The Morgan fingerprint density at radius 3 is 2.62 bits per heavy atom. The second kappa shape index (κ2) is 3.65. The molecule has 0 aromatic carbocycles. The summed E-state index contributed by atoms with van der Waals surface area (Å²) in [6.45, 7) is 8.50. The van der Waals surface area contributed by atoms with Crippen LogP contribution in [-0.2, 0) is 4.79 Å². The highest BCUT2D eigenvalue weighted by molar-refractivity contribution is 5.88. The van der Waals surface area contributed by atoms with Crippen LogP contribution in [0.1, 0.15) is 47.0 Å². The van der Waals surface area contributed by atoms with Gasteiger partial charge in [-0.25, -0.2) is 0 Å². The van der Waals surface area contributed by atoms with E-state index in [1.165, 1.54) is 18.4 Å². The van der Waals surface area contributed by atoms with Crippen LogP contribution < -0.4 is 0 Å². The third-order valence-electron chi connectivity index (χ3n) is 2.97. The minimum atomic E-state index is 0.196. The van der Waals surface area contributed by atoms with Gasteiger partial charge in [-0.2, -0.15) is 0 Å². The highest BCUT2D eigenvalue weighted by Crippen LogP contribution is 2.41. The Bertz CT molecular complexity index is 236. The molecule has 1 saturated carbocycles. The number of carbonyl (C=O) groups excluding carboxylic acids is 1. The van der Waals surface area contributed by atoms with Gasteiger partial charge in [0.05, 0.1) is 0 Å². The predicted octanol–water partition coefficient (Wildman–Crippen LogP) is 3.35. The molecule has 0 aliphatic heterocycles. The molecule has 1 aliphatic rings. The van der Waals surface area contributed by atoms with Gasteiger partial charge in [0, 0.05) is 0 Å². The van der Waals surface area contributed by atoms with Gasteiger partial charge in [-0.05, 0) is 43.6 Å². The normalized spacial score (nSPS) is 30.5. The van der Waals surface area contributed by atoms with Crippen molar-refractivity contribution in [2.24, 2.45) is 11.3 Å². The maximum absolute atomic E-state index is 10.9. The van der Waals surface area contributed by atoms with E-state index in [9.17, 15) is 4.79 Å². The van der Waals surface area contributed by atoms with Crippen molar-refractivity contribution < 1.29 is 4.79 Å². The van der Waals surface area contributed by atoms with Crippen LogP contribution >= 0.6 is 0 Å². The first-order valence-corrected chi connectivity index (χ1v) is 5.12. The molecular formula is C12H20O. The van der Waals surface area contributed by atoms with Gasteiger partial charge in [-0.1, -0.05) is 26.3 Å². The molecule has 0 amide bonds. The van der Waals surface area contributed by atoms with Crippen molar-refractivity contribution in [3.63, 3.8) is 0 Å². The van der Waals surface area contributed by atoms with Gasteiger partial charge in [0.25, 0.3) is 0 Å². The molecule has 74 valence electrons. The molecule has 1 atom stereocenters. The number of hydrogen-bond acceptors (Lipinski definition) is 1. The van der Waals surface area contributed by atoms with Crippen LogP contribution in [0.25, 0.3) is 0 Å². The highest BCUT2D eigenvalue weighted by atomic mass is 16.1. The zero-order valence-electron chi connectivity index (χ0n) is 9.18. The van der Waals surface area contributed by atoms with Crippen molar-refractivity contribution in [2.75, 3.05) is 0 Å². The number of carbonyl (C=O) groups is 1. The summed E-state index contributed by atoms with van der Waals surface area (Å²) in [4.78, 5) is 10.9. The lowest BCUT2D eigenvalue weighted by molar-refractivity contribution is -0.112. The maximum Gasteiger partial charge on any atom is 0.152 e. The van der Waals surface area contributed by atoms with E-state index in [2.05, 4.69) is 20.8 Å². The third-order valence-corrected chi connectivity index (χ3v) is 2.97. The summed E-state index contributed by atoms with van der Waals surface area (Å²) in [7, 11) is 0. The number of allylic oxidation sites excluding steroid dienone is 2. The lowest BCUT2D eigenvalue weighted by Gasteiger charge is -2.35. The van der Waals surface area contributed by atoms with Crippen LogP contribution in [0.4, 0.5) is 0 Å². The fourth-order valence-corrected chi connectivity index (χ4v) is 2.27. The second-order valence-corrected chi connectivity index (χ2v) is 5.10. The maximum atomic E-state index is 10.9. The summed E-state index contributed by atoms with van der Waals surface area (Å²) in [5.74, 6) is 0.786. The summed E-state index contributed by atoms with van der Waals surface area (Å²) in [6, 6.07) is 0. The van der Waals surface area contributed by atoms with Crippen molar-refractivity contribution >= 4 is 5.78 Å². The van der Waals surface area contributed by atoms with Gasteiger partial charge in [-0.15, -0.1) is 0 Å². The Morgan fingerprint density at radius 2 is 2.15 bits per heavy atom. The van der Waals surface area contributed by atoms with Crippen molar-refractivity contribution in [1.82, 2.24) is 0 Å². The van der Waals surface area contributed by atoms with Crippen LogP contribution in [0.15, 0.2) is 11.6 Å². The first-order valence-electron chi connectivity index (χ1n) is 5.12. The molecule has 0 bridgehead atoms. The molecule has 0 spiro atoms. The van der Waals surface area contributed by atoms with Gasteiger partial charge < -0.3 is 0 Å². The molecule has 1 heteroatoms. The zero-order valence-corrected chi connectivity index (χ0v) is 9.18. The average molecular weight is 180 g/mol. The SMILES string of the molecule is CC(=O)/C=C1/CCC(C)(C)CC1C. The van der Waals surface area contributed by atoms with E-state index in [4.69, 9.17) is 0 Å². The summed E-state index contributed by atoms with van der Waals surface area (Å²) in [5.41, 5.74) is 1.82. The van der Waals surface area contributed by atoms with Gasteiger partial charge in [0.2, 0.25) is 0 Å². The van der Waals surface area contributed by atoms with Crippen molar-refractivity contribution in [1.29, 1.82) is 0 Å². The molecule has 0 N–H and O–H groups in total. The Balaban J connectivity index is 2.69. The fourth-order valence-electron chi connectivity index (χ4n) is 2.27. The topological polar surface area (TPSA) is 17.1 Å². The Labute approximate surface area is 81.2 Å². The monoisotopic (exact) mass is 180 g/mol. The number of ketones is 1. The van der Waals surface area contributed by atoms with E-state index in [0.717, 1.165) is 6.42 Å². The van der Waals surface area contributed by atoms with Crippen LogP contribution in [0.5, 0.6) is 0 Å². The Hall–Kier alpha value is -0.590. The van der Waals surface area contributed by atoms with Crippen LogP contribution in [0.2, 0.25) is 0 Å². The summed E-state index contributed by atoms with van der Waals surface area (Å²) in [6.07, 6.45) is 5.37. The molecule has 1 fully saturated rings. The first kappa shape index (κ1) is 10.5. The lowest BCUT2D eigenvalue weighted by Crippen LogP contribution is -2.23. The standard InChI is InChI=1S/C12H20O/c1-9-8-12(3,4)6-5-11(9)7-10(2)13/h7,9H,5-6,8H2,1-4H3/b11-7-. The third kappa shape index (κ3) is 2.98. The van der Waals surface area contributed by atoms with E-state index < -0.39 is 0 Å². The summed E-state index contributed by atoms with van der Waals surface area (Å²) >= 11 is 0. The van der Waals surface area contributed by atoms with Crippen LogP contribution in [0.3, 0.4) is 0 Å². The van der Waals surface area contributed by atoms with Gasteiger partial charge in [0.15, 0.2) is 5.78 Å². The van der Waals surface area contributed by atoms with E-state index in [0.29, 0.717) is 11.3 Å². The van der Waals surface area contributed by atoms with E-state index >= 15 is 0 Å².